The molecule has 1 unspecified atom stereocenters. The molecule has 3 aromatic rings. The van der Waals surface area contributed by atoms with Crippen molar-refractivity contribution in [3.63, 3.8) is 0 Å². The average molecular weight is 365 g/mol. The van der Waals surface area contributed by atoms with E-state index in [0.717, 1.165) is 35.0 Å². The van der Waals surface area contributed by atoms with Crippen LogP contribution in [0.3, 0.4) is 0 Å². The fourth-order valence-corrected chi connectivity index (χ4v) is 3.83. The summed E-state index contributed by atoms with van der Waals surface area (Å²) < 4.78 is 18.8. The highest BCUT2D eigenvalue weighted by Gasteiger charge is 2.28. The molecule has 0 N–H and O–H groups in total. The molecule has 0 spiro atoms. The zero-order valence-electron chi connectivity index (χ0n) is 15.3. The third-order valence-electron chi connectivity index (χ3n) is 5.17. The third-order valence-corrected chi connectivity index (χ3v) is 5.17. The Morgan fingerprint density at radius 1 is 1.22 bits per heavy atom. The van der Waals surface area contributed by atoms with Gasteiger partial charge < -0.3 is 9.32 Å². The number of aryl methyl sites for hydroxylation is 2. The van der Waals surface area contributed by atoms with Gasteiger partial charge in [-0.25, -0.2) is 9.18 Å². The number of carbonyl (C=O) groups excluding carboxylic acids is 1. The number of amides is 1. The summed E-state index contributed by atoms with van der Waals surface area (Å²) in [7, 11) is 0. The molecule has 1 aliphatic heterocycles. The lowest BCUT2D eigenvalue weighted by Gasteiger charge is -2.35. The van der Waals surface area contributed by atoms with Crippen LogP contribution in [0, 0.1) is 12.7 Å². The van der Waals surface area contributed by atoms with Gasteiger partial charge in [0.05, 0.1) is 6.42 Å². The van der Waals surface area contributed by atoms with Gasteiger partial charge in [-0.3, -0.25) is 4.79 Å². The van der Waals surface area contributed by atoms with E-state index >= 15 is 0 Å². The molecule has 1 amide bonds. The molecule has 4 nitrogen and oxygen atoms in total. The first-order valence-corrected chi connectivity index (χ1v) is 9.06. The van der Waals surface area contributed by atoms with Gasteiger partial charge in [-0.15, -0.1) is 0 Å². The van der Waals surface area contributed by atoms with Crippen molar-refractivity contribution in [1.29, 1.82) is 0 Å². The highest BCUT2D eigenvalue weighted by atomic mass is 19.1. The first-order chi connectivity index (χ1) is 12.9. The molecule has 1 aromatic heterocycles. The van der Waals surface area contributed by atoms with Crippen LogP contribution < -0.4 is 10.5 Å². The van der Waals surface area contributed by atoms with E-state index < -0.39 is 5.63 Å². The topological polar surface area (TPSA) is 50.5 Å². The van der Waals surface area contributed by atoms with Crippen LogP contribution in [0.4, 0.5) is 10.1 Å². The number of halogens is 1. The second-order valence-electron chi connectivity index (χ2n) is 7.19. The number of rotatable bonds is 2. The van der Waals surface area contributed by atoms with Gasteiger partial charge in [0.25, 0.3) is 0 Å². The van der Waals surface area contributed by atoms with Crippen molar-refractivity contribution in [2.24, 2.45) is 0 Å². The minimum Gasteiger partial charge on any atom is -0.423 e. The maximum Gasteiger partial charge on any atom is 0.336 e. The number of carbonyl (C=O) groups is 1. The van der Waals surface area contributed by atoms with Crippen LogP contribution >= 0.6 is 0 Å². The van der Waals surface area contributed by atoms with Crippen LogP contribution in [-0.2, 0) is 17.6 Å². The van der Waals surface area contributed by atoms with Crippen molar-refractivity contribution in [1.82, 2.24) is 0 Å². The molecule has 0 radical (unpaired) electrons. The van der Waals surface area contributed by atoms with Gasteiger partial charge in [0.1, 0.15) is 11.4 Å². The van der Waals surface area contributed by atoms with Crippen molar-refractivity contribution >= 4 is 22.6 Å². The fraction of sp³-hybridized carbons (Fsp3) is 0.273. The van der Waals surface area contributed by atoms with Crippen LogP contribution in [0.25, 0.3) is 11.0 Å². The Morgan fingerprint density at radius 2 is 2.04 bits per heavy atom. The molecule has 0 aliphatic carbocycles. The van der Waals surface area contributed by atoms with Crippen molar-refractivity contribution < 1.29 is 13.6 Å². The van der Waals surface area contributed by atoms with Crippen molar-refractivity contribution in [3.05, 3.63) is 75.4 Å². The summed E-state index contributed by atoms with van der Waals surface area (Å²) in [5.74, 6) is -0.403. The van der Waals surface area contributed by atoms with Gasteiger partial charge in [-0.05, 0) is 67.6 Å². The Balaban J connectivity index is 1.73. The Kier molecular flexibility index (Phi) is 4.30. The largest absolute Gasteiger partial charge is 0.423 e. The Hall–Kier alpha value is -2.95. The zero-order valence-corrected chi connectivity index (χ0v) is 15.3. The molecule has 1 atom stereocenters. The molecule has 0 fully saturated rings. The third kappa shape index (κ3) is 3.25. The SMILES string of the molecule is Cc1ccc2c(CC(=O)N3c4ccc(F)cc4CCC3C)cc(=O)oc2c1. The van der Waals surface area contributed by atoms with Gasteiger partial charge in [0.15, 0.2) is 0 Å². The van der Waals surface area contributed by atoms with E-state index in [4.69, 9.17) is 4.42 Å². The normalized spacial score (nSPS) is 16.4. The first-order valence-electron chi connectivity index (χ1n) is 9.06. The molecule has 2 aromatic carbocycles. The summed E-state index contributed by atoms with van der Waals surface area (Å²) in [6.45, 7) is 3.91. The lowest BCUT2D eigenvalue weighted by atomic mass is 9.95. The second kappa shape index (κ2) is 6.65. The van der Waals surface area contributed by atoms with E-state index in [1.807, 2.05) is 26.0 Å². The van der Waals surface area contributed by atoms with Crippen LogP contribution in [0.2, 0.25) is 0 Å². The van der Waals surface area contributed by atoms with E-state index in [1.165, 1.54) is 18.2 Å². The molecular weight excluding hydrogens is 345 g/mol. The highest BCUT2D eigenvalue weighted by Crippen LogP contribution is 2.32. The molecule has 0 saturated heterocycles. The lowest BCUT2D eigenvalue weighted by molar-refractivity contribution is -0.118. The average Bonchev–Trinajstić information content (AvgIpc) is 2.61. The van der Waals surface area contributed by atoms with Crippen molar-refractivity contribution in [2.75, 3.05) is 4.90 Å². The zero-order chi connectivity index (χ0) is 19.1. The molecule has 0 bridgehead atoms. The van der Waals surface area contributed by atoms with E-state index in [2.05, 4.69) is 0 Å². The Labute approximate surface area is 156 Å². The van der Waals surface area contributed by atoms with Crippen LogP contribution in [-0.4, -0.2) is 11.9 Å². The molecule has 27 heavy (non-hydrogen) atoms. The van der Waals surface area contributed by atoms with Crippen molar-refractivity contribution in [3.8, 4) is 0 Å². The summed E-state index contributed by atoms with van der Waals surface area (Å²) >= 11 is 0. The van der Waals surface area contributed by atoms with E-state index in [9.17, 15) is 14.0 Å². The molecule has 5 heteroatoms. The number of fused-ring (bicyclic) bond motifs is 2. The van der Waals surface area contributed by atoms with E-state index in [-0.39, 0.29) is 24.2 Å². The van der Waals surface area contributed by atoms with Gasteiger partial charge in [-0.1, -0.05) is 12.1 Å². The summed E-state index contributed by atoms with van der Waals surface area (Å²) in [6, 6.07) is 11.5. The van der Waals surface area contributed by atoms with E-state index in [0.29, 0.717) is 11.1 Å². The lowest BCUT2D eigenvalue weighted by Crippen LogP contribution is -2.43. The number of benzene rings is 2. The summed E-state index contributed by atoms with van der Waals surface area (Å²) in [5, 5.41) is 0.762. The molecule has 4 rings (SSSR count). The summed E-state index contributed by atoms with van der Waals surface area (Å²) in [4.78, 5) is 26.8. The van der Waals surface area contributed by atoms with Gasteiger partial charge in [0, 0.05) is 23.2 Å². The summed E-state index contributed by atoms with van der Waals surface area (Å²) in [5.41, 5.74) is 3.24. The molecule has 1 aliphatic rings. The second-order valence-corrected chi connectivity index (χ2v) is 7.19. The number of anilines is 1. The standard InChI is InChI=1S/C22H20FNO3/c1-13-3-7-18-16(12-22(26)27-20(18)9-13)11-21(25)24-14(2)4-5-15-10-17(23)6-8-19(15)24/h3,6-10,12,14H,4-5,11H2,1-2H3. The minimum absolute atomic E-state index is 0.0177. The smallest absolute Gasteiger partial charge is 0.336 e. The Morgan fingerprint density at radius 3 is 2.85 bits per heavy atom. The maximum absolute atomic E-state index is 13.6. The van der Waals surface area contributed by atoms with Crippen LogP contribution in [0.1, 0.15) is 30.0 Å². The predicted molar refractivity (Wildman–Crippen MR) is 103 cm³/mol. The molecule has 2 heterocycles. The molecule has 0 saturated carbocycles. The van der Waals surface area contributed by atoms with Gasteiger partial charge in [0.2, 0.25) is 5.91 Å². The molecule has 138 valence electrons. The highest BCUT2D eigenvalue weighted by molar-refractivity contribution is 5.98. The maximum atomic E-state index is 13.6. The first kappa shape index (κ1) is 17.5. The van der Waals surface area contributed by atoms with Crippen molar-refractivity contribution in [2.45, 2.75) is 39.2 Å². The fourth-order valence-electron chi connectivity index (χ4n) is 3.83. The number of nitrogens with zero attached hydrogens (tertiary/aromatic N) is 1. The van der Waals surface area contributed by atoms with E-state index in [1.54, 1.807) is 17.0 Å². The quantitative estimate of drug-likeness (QED) is 0.641. The minimum atomic E-state index is -0.468. The van der Waals surface area contributed by atoms with Crippen LogP contribution in [0.15, 0.2) is 51.7 Å². The predicted octanol–water partition coefficient (Wildman–Crippen LogP) is 4.15. The number of hydrogen-bond acceptors (Lipinski definition) is 3. The monoisotopic (exact) mass is 365 g/mol. The summed E-state index contributed by atoms with van der Waals surface area (Å²) in [6.07, 6.45) is 1.61. The van der Waals surface area contributed by atoms with Crippen LogP contribution in [0.5, 0.6) is 0 Å². The molecular formula is C22H20FNO3. The van der Waals surface area contributed by atoms with Gasteiger partial charge >= 0.3 is 5.63 Å². The van der Waals surface area contributed by atoms with Gasteiger partial charge in [-0.2, -0.15) is 0 Å². The Bertz CT molecular complexity index is 1100. The number of hydrogen-bond donors (Lipinski definition) is 0.